The lowest BCUT2D eigenvalue weighted by Crippen LogP contribution is -2.48. The maximum absolute atomic E-state index is 12.5. The van der Waals surface area contributed by atoms with E-state index >= 15 is 0 Å². The van der Waals surface area contributed by atoms with Gasteiger partial charge in [0.15, 0.2) is 0 Å². The van der Waals surface area contributed by atoms with Gasteiger partial charge in [-0.1, -0.05) is 19.9 Å². The van der Waals surface area contributed by atoms with E-state index in [1.807, 2.05) is 4.90 Å². The Balaban J connectivity index is 1.45. The van der Waals surface area contributed by atoms with Gasteiger partial charge in [0.05, 0.1) is 0 Å². The van der Waals surface area contributed by atoms with Crippen molar-refractivity contribution in [1.82, 2.24) is 15.5 Å². The van der Waals surface area contributed by atoms with Crippen LogP contribution in [0, 0.1) is 5.92 Å². The van der Waals surface area contributed by atoms with Crippen LogP contribution < -0.4 is 16.0 Å². The van der Waals surface area contributed by atoms with E-state index < -0.39 is 0 Å². The minimum atomic E-state index is -0.283. The maximum atomic E-state index is 12.5. The summed E-state index contributed by atoms with van der Waals surface area (Å²) in [5, 5.41) is 8.75. The van der Waals surface area contributed by atoms with Gasteiger partial charge in [0.1, 0.15) is 0 Å². The number of carbonyl (C=O) groups is 3. The van der Waals surface area contributed by atoms with Crippen LogP contribution in [0.1, 0.15) is 62.7 Å². The number of hydrogen-bond acceptors (Lipinski definition) is 3. The smallest absolute Gasteiger partial charge is 0.319 e. The van der Waals surface area contributed by atoms with Gasteiger partial charge in [0.25, 0.3) is 5.91 Å². The molecule has 0 bridgehead atoms. The van der Waals surface area contributed by atoms with Gasteiger partial charge in [-0.3, -0.25) is 9.59 Å². The van der Waals surface area contributed by atoms with Crippen molar-refractivity contribution in [1.29, 1.82) is 0 Å². The first kappa shape index (κ1) is 21.1. The van der Waals surface area contributed by atoms with Gasteiger partial charge >= 0.3 is 6.03 Å². The van der Waals surface area contributed by atoms with Crippen LogP contribution in [0.4, 0.5) is 10.5 Å². The number of nitrogens with zero attached hydrogens (tertiary/aromatic N) is 1. The average Bonchev–Trinajstić information content (AvgIpc) is 3.53. The molecular weight excluding hydrogens is 368 g/mol. The Morgan fingerprint density at radius 1 is 1.00 bits per heavy atom. The van der Waals surface area contributed by atoms with E-state index in [-0.39, 0.29) is 29.8 Å². The first-order chi connectivity index (χ1) is 14.0. The lowest BCUT2D eigenvalue weighted by Gasteiger charge is -2.34. The predicted molar refractivity (Wildman–Crippen MR) is 113 cm³/mol. The fourth-order valence-electron chi connectivity index (χ4n) is 3.73. The van der Waals surface area contributed by atoms with Gasteiger partial charge in [0.2, 0.25) is 5.91 Å². The van der Waals surface area contributed by atoms with Crippen LogP contribution >= 0.6 is 0 Å². The molecule has 1 aromatic carbocycles. The highest BCUT2D eigenvalue weighted by Gasteiger charge is 2.27. The Morgan fingerprint density at radius 3 is 2.28 bits per heavy atom. The molecule has 3 N–H and O–H groups in total. The zero-order valence-electron chi connectivity index (χ0n) is 17.4. The molecule has 0 spiro atoms. The predicted octanol–water partition coefficient (Wildman–Crippen LogP) is 3.13. The van der Waals surface area contributed by atoms with Crippen molar-refractivity contribution in [3.8, 4) is 0 Å². The summed E-state index contributed by atoms with van der Waals surface area (Å²) >= 11 is 0. The summed E-state index contributed by atoms with van der Waals surface area (Å²) in [4.78, 5) is 38.9. The van der Waals surface area contributed by atoms with Gasteiger partial charge in [0, 0.05) is 42.3 Å². The lowest BCUT2D eigenvalue weighted by molar-refractivity contribution is -0.136. The zero-order chi connectivity index (χ0) is 20.8. The molecule has 158 valence electrons. The Bertz CT molecular complexity index is 735. The van der Waals surface area contributed by atoms with Crippen LogP contribution in [0.2, 0.25) is 0 Å². The molecule has 29 heavy (non-hydrogen) atoms. The van der Waals surface area contributed by atoms with Crippen LogP contribution in [-0.2, 0) is 4.79 Å². The number of urea groups is 1. The summed E-state index contributed by atoms with van der Waals surface area (Å²) in [6, 6.07) is 7.02. The normalized spacial score (nSPS) is 17.1. The average molecular weight is 401 g/mol. The topological polar surface area (TPSA) is 90.5 Å². The Morgan fingerprint density at radius 2 is 1.66 bits per heavy atom. The zero-order valence-corrected chi connectivity index (χ0v) is 17.4. The highest BCUT2D eigenvalue weighted by atomic mass is 16.2. The summed E-state index contributed by atoms with van der Waals surface area (Å²) < 4.78 is 0. The second-order valence-electron chi connectivity index (χ2n) is 8.04. The van der Waals surface area contributed by atoms with Crippen molar-refractivity contribution in [3.63, 3.8) is 0 Å². The van der Waals surface area contributed by atoms with Crippen molar-refractivity contribution in [2.75, 3.05) is 18.4 Å². The van der Waals surface area contributed by atoms with E-state index in [9.17, 15) is 14.4 Å². The molecule has 0 radical (unpaired) electrons. The molecule has 1 aliphatic heterocycles. The van der Waals surface area contributed by atoms with E-state index in [2.05, 4.69) is 29.8 Å². The minimum absolute atomic E-state index is 0.0436. The molecule has 7 nitrogen and oxygen atoms in total. The third-order valence-corrected chi connectivity index (χ3v) is 5.77. The number of rotatable bonds is 7. The molecule has 0 aromatic heterocycles. The summed E-state index contributed by atoms with van der Waals surface area (Å²) in [6.45, 7) is 5.46. The minimum Gasteiger partial charge on any atom is -0.349 e. The van der Waals surface area contributed by atoms with E-state index in [0.29, 0.717) is 30.4 Å². The Kier molecular flexibility index (Phi) is 7.12. The number of likely N-dealkylation sites (tertiary alicyclic amines) is 1. The van der Waals surface area contributed by atoms with Crippen LogP contribution in [0.15, 0.2) is 24.3 Å². The summed E-state index contributed by atoms with van der Waals surface area (Å²) in [5.74, 6) is 0.234. The molecule has 1 saturated carbocycles. The fourth-order valence-corrected chi connectivity index (χ4v) is 3.73. The quantitative estimate of drug-likeness (QED) is 0.657. The Hall–Kier alpha value is -2.57. The molecule has 1 saturated heterocycles. The van der Waals surface area contributed by atoms with Crippen molar-refractivity contribution in [2.24, 2.45) is 5.92 Å². The van der Waals surface area contributed by atoms with Gasteiger partial charge in [-0.2, -0.15) is 0 Å². The van der Waals surface area contributed by atoms with E-state index in [4.69, 9.17) is 0 Å². The second kappa shape index (κ2) is 9.76. The van der Waals surface area contributed by atoms with Gasteiger partial charge in [-0.15, -0.1) is 0 Å². The fraction of sp³-hybridized carbons (Fsp3) is 0.591. The van der Waals surface area contributed by atoms with Crippen molar-refractivity contribution in [2.45, 2.75) is 64.5 Å². The molecule has 1 heterocycles. The first-order valence-corrected chi connectivity index (χ1v) is 10.8. The molecule has 3 rings (SSSR count). The monoisotopic (exact) mass is 400 g/mol. The van der Waals surface area contributed by atoms with Crippen LogP contribution in [0.5, 0.6) is 0 Å². The molecule has 0 atom stereocenters. The number of hydrogen-bond donors (Lipinski definition) is 3. The number of nitrogens with one attached hydrogen (secondary N) is 3. The van der Waals surface area contributed by atoms with Crippen LogP contribution in [0.25, 0.3) is 0 Å². The van der Waals surface area contributed by atoms with Gasteiger partial charge < -0.3 is 20.9 Å². The molecule has 1 aromatic rings. The number of benzene rings is 1. The molecule has 0 unspecified atom stereocenters. The molecule has 1 aliphatic carbocycles. The standard InChI is InChI=1S/C22H32N4O3/c1-3-15(4-2)21(28)26-12-10-18(11-13-26)24-22(29)25-19-7-5-6-16(14-19)20(27)23-17-8-9-17/h5-7,14-15,17-18H,3-4,8-13H2,1-2H3,(H,23,27)(H2,24,25,29). The molecule has 7 heteroatoms. The van der Waals surface area contributed by atoms with Crippen molar-refractivity contribution >= 4 is 23.5 Å². The number of anilines is 1. The highest BCUT2D eigenvalue weighted by Crippen LogP contribution is 2.20. The maximum Gasteiger partial charge on any atom is 0.319 e. The van der Waals surface area contributed by atoms with Gasteiger partial charge in [-0.25, -0.2) is 4.79 Å². The van der Waals surface area contributed by atoms with E-state index in [1.54, 1.807) is 24.3 Å². The SMILES string of the molecule is CCC(CC)C(=O)N1CCC(NC(=O)Nc2cccc(C(=O)NC3CC3)c2)CC1. The summed E-state index contributed by atoms with van der Waals surface area (Å²) in [7, 11) is 0. The van der Waals surface area contributed by atoms with Crippen molar-refractivity contribution in [3.05, 3.63) is 29.8 Å². The van der Waals surface area contributed by atoms with Gasteiger partial charge in [-0.05, 0) is 56.7 Å². The first-order valence-electron chi connectivity index (χ1n) is 10.8. The third-order valence-electron chi connectivity index (χ3n) is 5.77. The summed E-state index contributed by atoms with van der Waals surface area (Å²) in [6.07, 6.45) is 5.32. The second-order valence-corrected chi connectivity index (χ2v) is 8.04. The van der Waals surface area contributed by atoms with E-state index in [0.717, 1.165) is 38.5 Å². The van der Waals surface area contributed by atoms with Crippen LogP contribution in [0.3, 0.4) is 0 Å². The number of piperidine rings is 1. The summed E-state index contributed by atoms with van der Waals surface area (Å²) in [5.41, 5.74) is 1.13. The Labute approximate surface area is 172 Å². The lowest BCUT2D eigenvalue weighted by atomic mass is 9.98. The number of amides is 4. The largest absolute Gasteiger partial charge is 0.349 e. The highest BCUT2D eigenvalue weighted by molar-refractivity contribution is 5.97. The molecule has 4 amide bonds. The van der Waals surface area contributed by atoms with Crippen molar-refractivity contribution < 1.29 is 14.4 Å². The molecular formula is C22H32N4O3. The molecule has 2 fully saturated rings. The van der Waals surface area contributed by atoms with E-state index in [1.165, 1.54) is 0 Å². The van der Waals surface area contributed by atoms with Crippen LogP contribution in [-0.4, -0.2) is 47.9 Å². The third kappa shape index (κ3) is 5.95. The number of carbonyl (C=O) groups excluding carboxylic acids is 3. The molecule has 2 aliphatic rings.